The first kappa shape index (κ1) is 34.9. The highest BCUT2D eigenvalue weighted by molar-refractivity contribution is 6.18. The molecule has 0 N–H and O–H groups in total. The summed E-state index contributed by atoms with van der Waals surface area (Å²) in [4.78, 5) is 9.30. The number of benzene rings is 8. The van der Waals surface area contributed by atoms with Crippen LogP contribution in [0, 0.1) is 0 Å². The van der Waals surface area contributed by atoms with Gasteiger partial charge in [0.25, 0.3) is 0 Å². The first-order chi connectivity index (χ1) is 31.7. The molecule has 0 unspecified atom stereocenters. The van der Waals surface area contributed by atoms with Crippen molar-refractivity contribution in [1.29, 1.82) is 0 Å². The Morgan fingerprint density at radius 1 is 0.344 bits per heavy atom. The van der Waals surface area contributed by atoms with Gasteiger partial charge in [0.05, 0.1) is 22.1 Å². The number of pyridine rings is 2. The standard InChI is InChI=1S/C58H34N4O2/c1-2-10-40(11-3-1)61-49-15-6-4-12-43(49)45-31-37(19-23-51(45)61)42-14-8-17-52-57(42)44-13-5-7-16-50(44)62(52)41-22-26-54-47(32-41)46-29-35(20-24-53(46)63-54)38-28-39(34-59-33-38)36-21-25-55-48(30-36)58-56(64-55)18-9-27-60-58/h1-34H. The summed E-state index contributed by atoms with van der Waals surface area (Å²) in [6, 6.07) is 67.1. The van der Waals surface area contributed by atoms with Crippen LogP contribution in [0.1, 0.15) is 0 Å². The number of furan rings is 2. The van der Waals surface area contributed by atoms with Gasteiger partial charge in [0, 0.05) is 78.8 Å². The Morgan fingerprint density at radius 3 is 1.78 bits per heavy atom. The molecule has 0 bridgehead atoms. The summed E-state index contributed by atoms with van der Waals surface area (Å²) in [5.41, 5.74) is 17.6. The number of nitrogens with zero attached hydrogens (tertiary/aromatic N) is 4. The van der Waals surface area contributed by atoms with Gasteiger partial charge in [-0.25, -0.2) is 0 Å². The van der Waals surface area contributed by atoms with Gasteiger partial charge < -0.3 is 18.0 Å². The maximum atomic E-state index is 6.48. The predicted molar refractivity (Wildman–Crippen MR) is 262 cm³/mol. The van der Waals surface area contributed by atoms with E-state index in [4.69, 9.17) is 13.8 Å². The molecule has 0 fully saturated rings. The first-order valence-corrected chi connectivity index (χ1v) is 21.5. The molecule has 6 nitrogen and oxygen atoms in total. The van der Waals surface area contributed by atoms with Crippen molar-refractivity contribution in [3.8, 4) is 44.8 Å². The van der Waals surface area contributed by atoms with Crippen LogP contribution in [-0.4, -0.2) is 19.1 Å². The second kappa shape index (κ2) is 13.4. The van der Waals surface area contributed by atoms with Gasteiger partial charge in [0.15, 0.2) is 5.58 Å². The molecule has 0 spiro atoms. The van der Waals surface area contributed by atoms with Crippen molar-refractivity contribution in [2.75, 3.05) is 0 Å². The fourth-order valence-corrected chi connectivity index (χ4v) is 10.2. The SMILES string of the molecule is c1ccc(-n2c3ccccc3c3cc(-c4cccc5c4c4ccccc4n5-c4ccc5oc6ccc(-c7cncc(-c8ccc9oc%10cccnc%10c9c8)c7)cc6c5c4)ccc32)cc1. The lowest BCUT2D eigenvalue weighted by Crippen LogP contribution is -1.93. The average molecular weight is 819 g/mol. The number of aromatic nitrogens is 4. The normalized spacial score (nSPS) is 12.1. The highest BCUT2D eigenvalue weighted by Gasteiger charge is 2.20. The van der Waals surface area contributed by atoms with Gasteiger partial charge in [-0.15, -0.1) is 0 Å². The number of hydrogen-bond acceptors (Lipinski definition) is 4. The fraction of sp³-hybridized carbons (Fsp3) is 0. The summed E-state index contributed by atoms with van der Waals surface area (Å²) in [6.07, 6.45) is 5.65. The highest BCUT2D eigenvalue weighted by Crippen LogP contribution is 2.42. The predicted octanol–water partition coefficient (Wildman–Crippen LogP) is 15.5. The topological polar surface area (TPSA) is 61.9 Å². The number of fused-ring (bicyclic) bond motifs is 12. The van der Waals surface area contributed by atoms with Crippen LogP contribution in [0.3, 0.4) is 0 Å². The van der Waals surface area contributed by atoms with Gasteiger partial charge in [-0.3, -0.25) is 9.97 Å². The molecule has 6 heteroatoms. The largest absolute Gasteiger partial charge is 0.456 e. The van der Waals surface area contributed by atoms with Crippen molar-refractivity contribution in [1.82, 2.24) is 19.1 Å². The minimum atomic E-state index is 0.783. The minimum Gasteiger partial charge on any atom is -0.456 e. The molecular weight excluding hydrogens is 785 g/mol. The zero-order chi connectivity index (χ0) is 41.9. The second-order valence-electron chi connectivity index (χ2n) is 16.6. The van der Waals surface area contributed by atoms with E-state index in [1.807, 2.05) is 30.6 Å². The van der Waals surface area contributed by atoms with Gasteiger partial charge in [0.1, 0.15) is 22.3 Å². The van der Waals surface area contributed by atoms with E-state index in [2.05, 4.69) is 184 Å². The summed E-state index contributed by atoms with van der Waals surface area (Å²) < 4.78 is 17.3. The van der Waals surface area contributed by atoms with Crippen LogP contribution in [-0.2, 0) is 0 Å². The van der Waals surface area contributed by atoms with Crippen LogP contribution in [0.5, 0.6) is 0 Å². The molecule has 0 radical (unpaired) electrons. The molecule has 8 aromatic carbocycles. The molecule has 0 saturated heterocycles. The van der Waals surface area contributed by atoms with Crippen molar-refractivity contribution in [3.05, 3.63) is 207 Å². The molecule has 0 aliphatic rings. The molecular formula is C58H34N4O2. The van der Waals surface area contributed by atoms with E-state index in [-0.39, 0.29) is 0 Å². The molecule has 14 aromatic rings. The van der Waals surface area contributed by atoms with E-state index in [0.29, 0.717) is 0 Å². The molecule has 0 aliphatic carbocycles. The van der Waals surface area contributed by atoms with Gasteiger partial charge in [-0.2, -0.15) is 0 Å². The minimum absolute atomic E-state index is 0.783. The zero-order valence-corrected chi connectivity index (χ0v) is 34.2. The maximum absolute atomic E-state index is 6.48. The van der Waals surface area contributed by atoms with Gasteiger partial charge in [-0.05, 0) is 125 Å². The molecule has 6 heterocycles. The maximum Gasteiger partial charge on any atom is 0.153 e. The second-order valence-corrected chi connectivity index (χ2v) is 16.6. The quantitative estimate of drug-likeness (QED) is 0.174. The van der Waals surface area contributed by atoms with E-state index < -0.39 is 0 Å². The number of rotatable bonds is 5. The van der Waals surface area contributed by atoms with Crippen LogP contribution in [0.15, 0.2) is 215 Å². The van der Waals surface area contributed by atoms with E-state index in [0.717, 1.165) is 88.7 Å². The first-order valence-electron chi connectivity index (χ1n) is 21.5. The van der Waals surface area contributed by atoms with Crippen LogP contribution in [0.25, 0.3) is 132 Å². The Labute approximate surface area is 365 Å². The lowest BCUT2D eigenvalue weighted by molar-refractivity contribution is 0.668. The lowest BCUT2D eigenvalue weighted by atomic mass is 9.98. The highest BCUT2D eigenvalue weighted by atomic mass is 16.3. The number of para-hydroxylation sites is 3. The molecule has 0 aliphatic heterocycles. The Bertz CT molecular complexity index is 4210. The number of hydrogen-bond donors (Lipinski definition) is 0. The summed E-state index contributed by atoms with van der Waals surface area (Å²) >= 11 is 0. The molecule has 0 saturated carbocycles. The van der Waals surface area contributed by atoms with Crippen molar-refractivity contribution in [2.24, 2.45) is 0 Å². The van der Waals surface area contributed by atoms with E-state index in [1.165, 1.54) is 43.7 Å². The van der Waals surface area contributed by atoms with Crippen LogP contribution in [0.4, 0.5) is 0 Å². The third-order valence-electron chi connectivity index (χ3n) is 13.0. The Balaban J connectivity index is 0.895. The van der Waals surface area contributed by atoms with Gasteiger partial charge >= 0.3 is 0 Å². The van der Waals surface area contributed by atoms with E-state index >= 15 is 0 Å². The molecule has 64 heavy (non-hydrogen) atoms. The lowest BCUT2D eigenvalue weighted by Gasteiger charge is -2.10. The Kier molecular flexibility index (Phi) is 7.30. The van der Waals surface area contributed by atoms with Crippen molar-refractivity contribution in [3.63, 3.8) is 0 Å². The third kappa shape index (κ3) is 5.14. The van der Waals surface area contributed by atoms with Crippen LogP contribution >= 0.6 is 0 Å². The molecule has 298 valence electrons. The van der Waals surface area contributed by atoms with E-state index in [9.17, 15) is 0 Å². The molecule has 6 aromatic heterocycles. The average Bonchev–Trinajstić information content (AvgIpc) is 4.11. The van der Waals surface area contributed by atoms with Crippen molar-refractivity contribution >= 4 is 87.6 Å². The summed E-state index contributed by atoms with van der Waals surface area (Å²) in [5, 5.41) is 8.02. The van der Waals surface area contributed by atoms with Crippen LogP contribution in [0.2, 0.25) is 0 Å². The van der Waals surface area contributed by atoms with Crippen molar-refractivity contribution in [2.45, 2.75) is 0 Å². The van der Waals surface area contributed by atoms with Crippen LogP contribution < -0.4 is 0 Å². The van der Waals surface area contributed by atoms with E-state index in [1.54, 1.807) is 6.20 Å². The summed E-state index contributed by atoms with van der Waals surface area (Å²) in [7, 11) is 0. The third-order valence-corrected chi connectivity index (χ3v) is 13.0. The molecule has 0 atom stereocenters. The molecule has 0 amide bonds. The Morgan fingerprint density at radius 2 is 0.953 bits per heavy atom. The fourth-order valence-electron chi connectivity index (χ4n) is 10.2. The molecule has 14 rings (SSSR count). The van der Waals surface area contributed by atoms with Gasteiger partial charge in [0.2, 0.25) is 0 Å². The Hall–Kier alpha value is -8.74. The van der Waals surface area contributed by atoms with Gasteiger partial charge in [-0.1, -0.05) is 84.9 Å². The van der Waals surface area contributed by atoms with Crippen molar-refractivity contribution < 1.29 is 8.83 Å². The smallest absolute Gasteiger partial charge is 0.153 e. The zero-order valence-electron chi connectivity index (χ0n) is 34.2. The summed E-state index contributed by atoms with van der Waals surface area (Å²) in [5.74, 6) is 0. The monoisotopic (exact) mass is 818 g/mol. The summed E-state index contributed by atoms with van der Waals surface area (Å²) in [6.45, 7) is 0.